The normalized spacial score (nSPS) is 27.4. The second-order valence-corrected chi connectivity index (χ2v) is 9.01. The van der Waals surface area contributed by atoms with Gasteiger partial charge in [-0.2, -0.15) is 0 Å². The van der Waals surface area contributed by atoms with Crippen LogP contribution in [0.2, 0.25) is 0 Å². The van der Waals surface area contributed by atoms with E-state index in [4.69, 9.17) is 4.74 Å². The van der Waals surface area contributed by atoms with Gasteiger partial charge in [0, 0.05) is 6.04 Å². The molecule has 2 aliphatic rings. The molecule has 1 amide bonds. The molecule has 0 radical (unpaired) electrons. The van der Waals surface area contributed by atoms with Crippen LogP contribution in [0.1, 0.15) is 49.8 Å². The molecule has 4 heteroatoms. The first-order chi connectivity index (χ1) is 14.6. The largest absolute Gasteiger partial charge is 0.497 e. The van der Waals surface area contributed by atoms with E-state index in [0.29, 0.717) is 11.8 Å². The molecule has 4 rings (SSSR count). The number of carbonyl (C=O) groups excluding carboxylic acids is 1. The van der Waals surface area contributed by atoms with Crippen molar-refractivity contribution < 1.29 is 14.6 Å². The average molecular weight is 408 g/mol. The topological polar surface area (TPSA) is 49.8 Å². The summed E-state index contributed by atoms with van der Waals surface area (Å²) in [4.78, 5) is 15.3. The summed E-state index contributed by atoms with van der Waals surface area (Å²) in [6.45, 7) is 2.08. The lowest BCUT2D eigenvalue weighted by Crippen LogP contribution is -2.55. The molecular formula is C26H33NO3. The molecule has 1 aliphatic carbocycles. The molecule has 0 aromatic heterocycles. The van der Waals surface area contributed by atoms with Crippen molar-refractivity contribution >= 4 is 5.91 Å². The minimum atomic E-state index is -0.267. The summed E-state index contributed by atoms with van der Waals surface area (Å²) in [7, 11) is 1.69. The van der Waals surface area contributed by atoms with Gasteiger partial charge in [0.1, 0.15) is 5.75 Å². The van der Waals surface area contributed by atoms with E-state index in [-0.39, 0.29) is 30.5 Å². The number of likely N-dealkylation sites (tertiary alicyclic amines) is 1. The van der Waals surface area contributed by atoms with Crippen molar-refractivity contribution in [3.63, 3.8) is 0 Å². The number of piperidine rings is 1. The van der Waals surface area contributed by atoms with Crippen molar-refractivity contribution in [2.75, 3.05) is 13.7 Å². The van der Waals surface area contributed by atoms with Gasteiger partial charge in [0.25, 0.3) is 0 Å². The number of ether oxygens (including phenoxy) is 1. The number of benzene rings is 2. The third-order valence-corrected chi connectivity index (χ3v) is 7.20. The molecule has 1 aliphatic heterocycles. The Kier molecular flexibility index (Phi) is 6.43. The fourth-order valence-corrected chi connectivity index (χ4v) is 5.61. The zero-order valence-corrected chi connectivity index (χ0v) is 18.0. The Morgan fingerprint density at radius 2 is 1.80 bits per heavy atom. The highest BCUT2D eigenvalue weighted by atomic mass is 16.5. The number of fused-ring (bicyclic) bond motifs is 1. The van der Waals surface area contributed by atoms with Gasteiger partial charge in [0.05, 0.1) is 25.7 Å². The number of nitrogens with zero attached hydrogens (tertiary/aromatic N) is 1. The molecule has 1 N–H and O–H groups in total. The molecule has 1 saturated heterocycles. The van der Waals surface area contributed by atoms with E-state index in [2.05, 4.69) is 36.1 Å². The van der Waals surface area contributed by atoms with E-state index >= 15 is 0 Å². The van der Waals surface area contributed by atoms with Crippen molar-refractivity contribution in [2.45, 2.75) is 51.1 Å². The molecule has 5 atom stereocenters. The van der Waals surface area contributed by atoms with Crippen molar-refractivity contribution in [3.05, 3.63) is 65.7 Å². The maximum Gasteiger partial charge on any atom is 0.228 e. The second-order valence-electron chi connectivity index (χ2n) is 9.01. The standard InChI is InChI=1S/C26H33NO3/c1-18(21-6-4-3-5-7-21)27-25-13-10-20(14-19-8-11-24(30-2)12-9-19)15-22(25)16-23(17-28)26(27)29/h3-9,11-12,18,20,22-23,25,28H,10,13-17H2,1-2H3/t18-,20+,22-,23+,25-/m1/s1. The van der Waals surface area contributed by atoms with Gasteiger partial charge < -0.3 is 14.7 Å². The lowest BCUT2D eigenvalue weighted by atomic mass is 9.69. The highest BCUT2D eigenvalue weighted by Gasteiger charge is 2.45. The van der Waals surface area contributed by atoms with E-state index in [9.17, 15) is 9.90 Å². The fourth-order valence-electron chi connectivity index (χ4n) is 5.61. The zero-order valence-electron chi connectivity index (χ0n) is 18.0. The molecule has 0 bridgehead atoms. The molecular weight excluding hydrogens is 374 g/mol. The third-order valence-electron chi connectivity index (χ3n) is 7.20. The molecule has 1 saturated carbocycles. The Morgan fingerprint density at radius 1 is 1.07 bits per heavy atom. The maximum atomic E-state index is 13.2. The van der Waals surface area contributed by atoms with Crippen LogP contribution in [-0.4, -0.2) is 35.7 Å². The number of carbonyl (C=O) groups is 1. The molecule has 1 heterocycles. The van der Waals surface area contributed by atoms with E-state index in [1.807, 2.05) is 30.3 Å². The number of methoxy groups -OCH3 is 1. The summed E-state index contributed by atoms with van der Waals surface area (Å²) in [5, 5.41) is 9.91. The molecule has 2 aromatic rings. The Bertz CT molecular complexity index is 835. The second kappa shape index (κ2) is 9.22. The van der Waals surface area contributed by atoms with Crippen molar-refractivity contribution in [1.82, 2.24) is 4.90 Å². The van der Waals surface area contributed by atoms with Gasteiger partial charge in [-0.15, -0.1) is 0 Å². The molecule has 0 unspecified atom stereocenters. The van der Waals surface area contributed by atoms with Crippen LogP contribution in [0.15, 0.2) is 54.6 Å². The summed E-state index contributed by atoms with van der Waals surface area (Å²) in [6.07, 6.45) is 5.20. The molecule has 160 valence electrons. The van der Waals surface area contributed by atoms with Gasteiger partial charge in [-0.25, -0.2) is 0 Å². The smallest absolute Gasteiger partial charge is 0.228 e. The quantitative estimate of drug-likeness (QED) is 0.760. The first-order valence-corrected chi connectivity index (χ1v) is 11.2. The lowest BCUT2D eigenvalue weighted by molar-refractivity contribution is -0.152. The number of aliphatic hydroxyl groups is 1. The fraction of sp³-hybridized carbons (Fsp3) is 0.500. The third kappa shape index (κ3) is 4.24. The Balaban J connectivity index is 1.50. The highest BCUT2D eigenvalue weighted by Crippen LogP contribution is 2.44. The maximum absolute atomic E-state index is 13.2. The molecule has 30 heavy (non-hydrogen) atoms. The predicted molar refractivity (Wildman–Crippen MR) is 118 cm³/mol. The first-order valence-electron chi connectivity index (χ1n) is 11.2. The number of rotatable bonds is 6. The van der Waals surface area contributed by atoms with Crippen LogP contribution in [0.4, 0.5) is 0 Å². The van der Waals surface area contributed by atoms with Crippen LogP contribution in [0.5, 0.6) is 5.75 Å². The number of amides is 1. The lowest BCUT2D eigenvalue weighted by Gasteiger charge is -2.50. The highest BCUT2D eigenvalue weighted by molar-refractivity contribution is 5.80. The van der Waals surface area contributed by atoms with Crippen LogP contribution in [-0.2, 0) is 11.2 Å². The van der Waals surface area contributed by atoms with Crippen molar-refractivity contribution in [3.8, 4) is 5.75 Å². The van der Waals surface area contributed by atoms with Gasteiger partial charge in [-0.1, -0.05) is 42.5 Å². The van der Waals surface area contributed by atoms with Crippen molar-refractivity contribution in [2.24, 2.45) is 17.8 Å². The molecule has 2 aromatic carbocycles. The number of aliphatic hydroxyl groups excluding tert-OH is 1. The van der Waals surface area contributed by atoms with Gasteiger partial charge in [-0.3, -0.25) is 4.79 Å². The number of hydrogen-bond acceptors (Lipinski definition) is 3. The van der Waals surface area contributed by atoms with Gasteiger partial charge >= 0.3 is 0 Å². The van der Waals surface area contributed by atoms with Crippen LogP contribution < -0.4 is 4.74 Å². The van der Waals surface area contributed by atoms with Crippen LogP contribution >= 0.6 is 0 Å². The van der Waals surface area contributed by atoms with Crippen LogP contribution in [0.25, 0.3) is 0 Å². The minimum Gasteiger partial charge on any atom is -0.497 e. The summed E-state index contributed by atoms with van der Waals surface area (Å²) in [5.74, 6) is 1.84. The van der Waals surface area contributed by atoms with Gasteiger partial charge in [0.2, 0.25) is 5.91 Å². The Labute approximate surface area is 179 Å². The predicted octanol–water partition coefficient (Wildman–Crippen LogP) is 4.62. The van der Waals surface area contributed by atoms with Crippen LogP contribution in [0, 0.1) is 17.8 Å². The summed E-state index contributed by atoms with van der Waals surface area (Å²) in [6, 6.07) is 19.0. The van der Waals surface area contributed by atoms with E-state index in [1.54, 1.807) is 7.11 Å². The Morgan fingerprint density at radius 3 is 2.47 bits per heavy atom. The van der Waals surface area contributed by atoms with E-state index in [0.717, 1.165) is 37.9 Å². The van der Waals surface area contributed by atoms with E-state index in [1.165, 1.54) is 11.1 Å². The minimum absolute atomic E-state index is 0.0405. The average Bonchev–Trinajstić information content (AvgIpc) is 2.79. The zero-order chi connectivity index (χ0) is 21.1. The SMILES string of the molecule is COc1ccc(C[C@@H]2CC[C@@H]3[C@H](C2)C[C@@H](CO)C(=O)N3[C@H](C)c2ccccc2)cc1. The van der Waals surface area contributed by atoms with Crippen molar-refractivity contribution in [1.29, 1.82) is 0 Å². The monoisotopic (exact) mass is 407 g/mol. The Hall–Kier alpha value is -2.33. The van der Waals surface area contributed by atoms with Gasteiger partial charge in [0.15, 0.2) is 0 Å². The van der Waals surface area contributed by atoms with Crippen LogP contribution in [0.3, 0.4) is 0 Å². The summed E-state index contributed by atoms with van der Waals surface area (Å²) < 4.78 is 5.27. The van der Waals surface area contributed by atoms with E-state index < -0.39 is 0 Å². The molecule has 4 nitrogen and oxygen atoms in total. The molecule has 2 fully saturated rings. The summed E-state index contributed by atoms with van der Waals surface area (Å²) in [5.41, 5.74) is 2.52. The van der Waals surface area contributed by atoms with Gasteiger partial charge in [-0.05, 0) is 74.1 Å². The summed E-state index contributed by atoms with van der Waals surface area (Å²) >= 11 is 0. The molecule has 0 spiro atoms. The number of hydrogen-bond donors (Lipinski definition) is 1. The first kappa shape index (κ1) is 20.9.